The molecule has 0 aliphatic rings. The molecule has 2 amide bonds. The van der Waals surface area contributed by atoms with Crippen LogP contribution in [0.1, 0.15) is 16.8 Å². The van der Waals surface area contributed by atoms with Crippen molar-refractivity contribution < 1.29 is 9.59 Å². The molecule has 10 heteroatoms. The highest BCUT2D eigenvalue weighted by Gasteiger charge is 2.23. The molecule has 0 radical (unpaired) electrons. The van der Waals surface area contributed by atoms with Gasteiger partial charge in [-0.05, 0) is 48.8 Å². The van der Waals surface area contributed by atoms with Crippen LogP contribution >= 0.6 is 46.3 Å². The van der Waals surface area contributed by atoms with Gasteiger partial charge in [-0.1, -0.05) is 23.2 Å². The van der Waals surface area contributed by atoms with Crippen LogP contribution in [-0.2, 0) is 4.79 Å². The van der Waals surface area contributed by atoms with Gasteiger partial charge in [-0.3, -0.25) is 14.6 Å². The lowest BCUT2D eigenvalue weighted by atomic mass is 10.1. The van der Waals surface area contributed by atoms with E-state index in [-0.39, 0.29) is 16.5 Å². The summed E-state index contributed by atoms with van der Waals surface area (Å²) < 4.78 is 0. The van der Waals surface area contributed by atoms with Gasteiger partial charge in [0.25, 0.3) is 5.91 Å². The molecule has 0 aliphatic heterocycles. The Balaban J connectivity index is 1.71. The van der Waals surface area contributed by atoms with Crippen molar-refractivity contribution in [3.8, 4) is 11.3 Å². The smallest absolute Gasteiger partial charge is 0.253 e. The molecule has 1 atom stereocenters. The third kappa shape index (κ3) is 5.95. The number of amides is 2. The summed E-state index contributed by atoms with van der Waals surface area (Å²) in [5.74, 6) is -0.0754. The van der Waals surface area contributed by atoms with E-state index in [1.165, 1.54) is 23.5 Å². The third-order valence-corrected chi connectivity index (χ3v) is 6.05. The van der Waals surface area contributed by atoms with E-state index in [0.717, 1.165) is 11.3 Å². The van der Waals surface area contributed by atoms with Gasteiger partial charge in [-0.15, -0.1) is 11.3 Å². The number of pyridine rings is 1. The van der Waals surface area contributed by atoms with Crippen molar-refractivity contribution in [2.24, 2.45) is 0 Å². The van der Waals surface area contributed by atoms with E-state index >= 15 is 0 Å². The topological polar surface area (TPSA) is 84.0 Å². The highest BCUT2D eigenvalue weighted by Crippen LogP contribution is 2.25. The summed E-state index contributed by atoms with van der Waals surface area (Å²) in [6.07, 6.45) is 5.79. The zero-order valence-electron chi connectivity index (χ0n) is 15.9. The molecule has 2 heterocycles. The summed E-state index contributed by atoms with van der Waals surface area (Å²) >= 11 is 14.9. The number of halogens is 2. The number of thiazole rings is 1. The molecule has 0 spiro atoms. The van der Waals surface area contributed by atoms with E-state index in [4.69, 9.17) is 23.2 Å². The number of hydrogen-bond acceptors (Lipinski definition) is 6. The largest absolute Gasteiger partial charge is 0.340 e. The average Bonchev–Trinajstić information content (AvgIpc) is 3.20. The molecule has 3 aromatic rings. The lowest BCUT2D eigenvalue weighted by Gasteiger charge is -2.18. The van der Waals surface area contributed by atoms with Crippen LogP contribution in [0, 0.1) is 0 Å². The molecule has 1 unspecified atom stereocenters. The maximum absolute atomic E-state index is 12.8. The van der Waals surface area contributed by atoms with Gasteiger partial charge in [-0.25, -0.2) is 4.98 Å². The number of thioether (sulfide) groups is 1. The van der Waals surface area contributed by atoms with Crippen molar-refractivity contribution in [1.82, 2.24) is 15.3 Å². The molecule has 6 nitrogen and oxygen atoms in total. The van der Waals surface area contributed by atoms with Crippen LogP contribution in [-0.4, -0.2) is 39.8 Å². The number of benzene rings is 1. The van der Waals surface area contributed by atoms with Gasteiger partial charge < -0.3 is 10.6 Å². The minimum absolute atomic E-state index is 0.227. The fraction of sp³-hybridized carbons (Fsp3) is 0.200. The van der Waals surface area contributed by atoms with Crippen LogP contribution in [0.5, 0.6) is 0 Å². The Kier molecular flexibility index (Phi) is 8.09. The summed E-state index contributed by atoms with van der Waals surface area (Å²) in [6.45, 7) is 0. The molecule has 0 saturated carbocycles. The molecule has 0 saturated heterocycles. The molecule has 0 aliphatic carbocycles. The summed E-state index contributed by atoms with van der Waals surface area (Å²) in [7, 11) is 0. The first-order valence-corrected chi connectivity index (χ1v) is 11.9. The molecule has 2 N–H and O–H groups in total. The van der Waals surface area contributed by atoms with E-state index in [1.807, 2.05) is 23.8 Å². The van der Waals surface area contributed by atoms with Gasteiger partial charge in [0, 0.05) is 28.4 Å². The second-order valence-corrected chi connectivity index (χ2v) is 8.89. The molecular formula is C20H18Cl2N4O2S2. The molecule has 3 rings (SSSR count). The van der Waals surface area contributed by atoms with Crippen molar-refractivity contribution in [3.05, 3.63) is 63.7 Å². The minimum Gasteiger partial charge on any atom is -0.340 e. The van der Waals surface area contributed by atoms with Gasteiger partial charge >= 0.3 is 0 Å². The molecule has 1 aromatic carbocycles. The SMILES string of the molecule is CSCCC(NC(=O)c1ccc(Cl)cc1Cl)C(=O)Nc1nc(-c2cccnc2)cs1. The molecule has 0 fully saturated rings. The molecule has 30 heavy (non-hydrogen) atoms. The minimum atomic E-state index is -0.734. The van der Waals surface area contributed by atoms with Gasteiger partial charge in [0.1, 0.15) is 6.04 Å². The maximum atomic E-state index is 12.8. The first kappa shape index (κ1) is 22.6. The van der Waals surface area contributed by atoms with Crippen LogP contribution in [0.15, 0.2) is 48.1 Å². The third-order valence-electron chi connectivity index (χ3n) is 4.10. The number of carbonyl (C=O) groups excluding carboxylic acids is 2. The maximum Gasteiger partial charge on any atom is 0.253 e. The number of carbonyl (C=O) groups is 2. The second-order valence-electron chi connectivity index (χ2n) is 6.20. The van der Waals surface area contributed by atoms with Crippen molar-refractivity contribution in [2.75, 3.05) is 17.3 Å². The Morgan fingerprint density at radius 2 is 2.10 bits per heavy atom. The van der Waals surface area contributed by atoms with Crippen molar-refractivity contribution in [1.29, 1.82) is 0 Å². The Morgan fingerprint density at radius 3 is 2.80 bits per heavy atom. The zero-order valence-corrected chi connectivity index (χ0v) is 19.0. The number of anilines is 1. The summed E-state index contributed by atoms with van der Waals surface area (Å²) in [4.78, 5) is 34.0. The van der Waals surface area contributed by atoms with Gasteiger partial charge in [-0.2, -0.15) is 11.8 Å². The molecule has 2 aromatic heterocycles. The van der Waals surface area contributed by atoms with E-state index in [2.05, 4.69) is 20.6 Å². The molecule has 156 valence electrons. The number of aromatic nitrogens is 2. The Hall–Kier alpha value is -2.13. The number of nitrogens with zero attached hydrogens (tertiary/aromatic N) is 2. The van der Waals surface area contributed by atoms with E-state index in [1.54, 1.807) is 30.2 Å². The predicted octanol–water partition coefficient (Wildman–Crippen LogP) is 5.00. The van der Waals surface area contributed by atoms with E-state index in [0.29, 0.717) is 22.3 Å². The highest BCUT2D eigenvalue weighted by atomic mass is 35.5. The van der Waals surface area contributed by atoms with Crippen molar-refractivity contribution >= 4 is 63.2 Å². The normalized spacial score (nSPS) is 11.7. The monoisotopic (exact) mass is 480 g/mol. The number of rotatable bonds is 8. The van der Waals surface area contributed by atoms with Crippen molar-refractivity contribution in [3.63, 3.8) is 0 Å². The average molecular weight is 481 g/mol. The highest BCUT2D eigenvalue weighted by molar-refractivity contribution is 7.98. The quantitative estimate of drug-likeness (QED) is 0.473. The lowest BCUT2D eigenvalue weighted by molar-refractivity contribution is -0.118. The van der Waals surface area contributed by atoms with Crippen LogP contribution in [0.3, 0.4) is 0 Å². The lowest BCUT2D eigenvalue weighted by Crippen LogP contribution is -2.44. The van der Waals surface area contributed by atoms with Crippen LogP contribution in [0.2, 0.25) is 10.0 Å². The summed E-state index contributed by atoms with van der Waals surface area (Å²) in [5, 5.41) is 8.51. The fourth-order valence-corrected chi connectivity index (χ4v) is 4.27. The molecular weight excluding hydrogens is 463 g/mol. The van der Waals surface area contributed by atoms with Gasteiger partial charge in [0.05, 0.1) is 16.3 Å². The first-order chi connectivity index (χ1) is 14.5. The Labute approximate surface area is 192 Å². The van der Waals surface area contributed by atoms with E-state index < -0.39 is 11.9 Å². The van der Waals surface area contributed by atoms with Crippen LogP contribution in [0.25, 0.3) is 11.3 Å². The van der Waals surface area contributed by atoms with Crippen molar-refractivity contribution in [2.45, 2.75) is 12.5 Å². The Bertz CT molecular complexity index is 1030. The van der Waals surface area contributed by atoms with Crippen LogP contribution in [0.4, 0.5) is 5.13 Å². The number of hydrogen-bond donors (Lipinski definition) is 2. The second kappa shape index (κ2) is 10.8. The predicted molar refractivity (Wildman–Crippen MR) is 125 cm³/mol. The fourth-order valence-electron chi connectivity index (χ4n) is 2.58. The van der Waals surface area contributed by atoms with E-state index in [9.17, 15) is 9.59 Å². The van der Waals surface area contributed by atoms with Gasteiger partial charge in [0.15, 0.2) is 5.13 Å². The van der Waals surface area contributed by atoms with Gasteiger partial charge in [0.2, 0.25) is 5.91 Å². The summed E-state index contributed by atoms with van der Waals surface area (Å²) in [6, 6.07) is 7.58. The summed E-state index contributed by atoms with van der Waals surface area (Å²) in [5.41, 5.74) is 1.84. The Morgan fingerprint density at radius 1 is 1.27 bits per heavy atom. The number of nitrogens with one attached hydrogen (secondary N) is 2. The molecule has 0 bridgehead atoms. The zero-order chi connectivity index (χ0) is 21.5. The first-order valence-electron chi connectivity index (χ1n) is 8.89. The standard InChI is InChI=1S/C20H18Cl2N4O2S2/c1-29-8-6-16(24-18(27)14-5-4-13(21)9-15(14)22)19(28)26-20-25-17(11-30-20)12-3-2-7-23-10-12/h2-5,7,9-11,16H,6,8H2,1H3,(H,24,27)(H,25,26,28). The van der Waals surface area contributed by atoms with Crippen LogP contribution < -0.4 is 10.6 Å².